The Morgan fingerprint density at radius 3 is 2.22 bits per heavy atom. The van der Waals surface area contributed by atoms with Crippen LogP contribution >= 0.6 is 0 Å². The van der Waals surface area contributed by atoms with E-state index in [4.69, 9.17) is 5.26 Å². The number of quaternary nitrogens is 1. The number of rotatable bonds is 4. The largest absolute Gasteiger partial charge is 0.334 e. The summed E-state index contributed by atoms with van der Waals surface area (Å²) >= 11 is 0. The highest BCUT2D eigenvalue weighted by Crippen LogP contribution is 2.54. The van der Waals surface area contributed by atoms with Crippen molar-refractivity contribution in [1.82, 2.24) is 0 Å². The Morgan fingerprint density at radius 1 is 1.13 bits per heavy atom. The zero-order valence-electron chi connectivity index (χ0n) is 13.4. The molecular formula is C19H24N3O+. The first-order valence-electron chi connectivity index (χ1n) is 8.78. The van der Waals surface area contributed by atoms with Crippen molar-refractivity contribution in [2.75, 3.05) is 11.9 Å². The quantitative estimate of drug-likeness (QED) is 0.893. The number of carbonyl (C=O) groups is 1. The maximum absolute atomic E-state index is 12.3. The number of anilines is 1. The molecule has 0 unspecified atom stereocenters. The van der Waals surface area contributed by atoms with Gasteiger partial charge in [-0.1, -0.05) is 0 Å². The van der Waals surface area contributed by atoms with Crippen molar-refractivity contribution in [3.63, 3.8) is 0 Å². The van der Waals surface area contributed by atoms with Gasteiger partial charge >= 0.3 is 0 Å². The van der Waals surface area contributed by atoms with Gasteiger partial charge in [0.15, 0.2) is 6.54 Å². The normalized spacial score (nSPS) is 34.1. The van der Waals surface area contributed by atoms with Gasteiger partial charge in [-0.3, -0.25) is 4.79 Å². The molecule has 1 aromatic rings. The Balaban J connectivity index is 1.34. The first-order valence-corrected chi connectivity index (χ1v) is 8.78. The molecule has 4 heteroatoms. The molecule has 4 nitrogen and oxygen atoms in total. The number of nitrogens with zero attached hydrogens (tertiary/aromatic N) is 1. The van der Waals surface area contributed by atoms with E-state index in [1.807, 2.05) is 0 Å². The zero-order chi connectivity index (χ0) is 15.9. The van der Waals surface area contributed by atoms with Crippen LogP contribution in [0.15, 0.2) is 24.3 Å². The van der Waals surface area contributed by atoms with E-state index in [9.17, 15) is 4.79 Å². The van der Waals surface area contributed by atoms with Gasteiger partial charge in [0.05, 0.1) is 17.2 Å². The molecule has 5 rings (SSSR count). The number of hydrogen-bond donors (Lipinski definition) is 2. The molecule has 0 aliphatic heterocycles. The lowest BCUT2D eigenvalue weighted by molar-refractivity contribution is -0.729. The maximum atomic E-state index is 12.3. The first-order chi connectivity index (χ1) is 11.1. The van der Waals surface area contributed by atoms with E-state index in [0.717, 1.165) is 23.4 Å². The molecule has 4 bridgehead atoms. The number of amides is 1. The van der Waals surface area contributed by atoms with Crippen molar-refractivity contribution in [2.24, 2.45) is 17.8 Å². The topological polar surface area (TPSA) is 69.5 Å². The Kier molecular flexibility index (Phi) is 3.61. The SMILES string of the molecule is N#Cc1ccc(NC(=O)C[NH2+]C23CC4CC(CC(C4)C2)C3)cc1. The van der Waals surface area contributed by atoms with E-state index in [1.54, 1.807) is 24.3 Å². The van der Waals surface area contributed by atoms with Gasteiger partial charge in [-0.2, -0.15) is 5.26 Å². The summed E-state index contributed by atoms with van der Waals surface area (Å²) in [6.45, 7) is 0.506. The molecular weight excluding hydrogens is 286 g/mol. The van der Waals surface area contributed by atoms with Gasteiger partial charge in [-0.25, -0.2) is 0 Å². The zero-order valence-corrected chi connectivity index (χ0v) is 13.4. The number of nitrogens with one attached hydrogen (secondary N) is 1. The summed E-state index contributed by atoms with van der Waals surface area (Å²) in [6, 6.07) is 9.14. The van der Waals surface area contributed by atoms with Gasteiger partial charge in [0.1, 0.15) is 0 Å². The molecule has 3 N–H and O–H groups in total. The van der Waals surface area contributed by atoms with E-state index >= 15 is 0 Å². The van der Waals surface area contributed by atoms with Crippen molar-refractivity contribution < 1.29 is 10.1 Å². The van der Waals surface area contributed by atoms with E-state index in [0.29, 0.717) is 17.6 Å². The highest BCUT2D eigenvalue weighted by molar-refractivity contribution is 5.91. The second-order valence-electron chi connectivity index (χ2n) is 7.93. The Bertz CT molecular complexity index is 608. The minimum Gasteiger partial charge on any atom is -0.334 e. The molecule has 0 aromatic heterocycles. The van der Waals surface area contributed by atoms with Gasteiger partial charge in [-0.05, 0) is 61.3 Å². The van der Waals surface area contributed by atoms with Crippen LogP contribution in [0.2, 0.25) is 0 Å². The molecule has 120 valence electrons. The van der Waals surface area contributed by atoms with Crippen LogP contribution in [0.4, 0.5) is 5.69 Å². The van der Waals surface area contributed by atoms with Crippen LogP contribution in [0.3, 0.4) is 0 Å². The lowest BCUT2D eigenvalue weighted by Crippen LogP contribution is -3.00. The third-order valence-corrected chi connectivity index (χ3v) is 6.10. The lowest BCUT2D eigenvalue weighted by Gasteiger charge is -2.54. The van der Waals surface area contributed by atoms with Gasteiger partial charge in [0, 0.05) is 24.9 Å². The molecule has 0 atom stereocenters. The van der Waals surface area contributed by atoms with Crippen LogP contribution in [0.1, 0.15) is 44.1 Å². The summed E-state index contributed by atoms with van der Waals surface area (Å²) in [6.07, 6.45) is 8.23. The summed E-state index contributed by atoms with van der Waals surface area (Å²) in [5.74, 6) is 2.81. The van der Waals surface area contributed by atoms with Crippen molar-refractivity contribution in [1.29, 1.82) is 5.26 Å². The monoisotopic (exact) mass is 310 g/mol. The highest BCUT2D eigenvalue weighted by atomic mass is 16.1. The van der Waals surface area contributed by atoms with Crippen LogP contribution in [-0.2, 0) is 4.79 Å². The van der Waals surface area contributed by atoms with Gasteiger partial charge in [-0.15, -0.1) is 0 Å². The van der Waals surface area contributed by atoms with Crippen molar-refractivity contribution >= 4 is 11.6 Å². The summed E-state index contributed by atoms with van der Waals surface area (Å²) < 4.78 is 0. The number of nitriles is 1. The predicted octanol–water partition coefficient (Wildman–Crippen LogP) is 2.03. The third kappa shape index (κ3) is 2.98. The molecule has 0 saturated heterocycles. The smallest absolute Gasteiger partial charge is 0.279 e. The van der Waals surface area contributed by atoms with Gasteiger partial charge in [0.25, 0.3) is 5.91 Å². The first kappa shape index (κ1) is 14.7. The van der Waals surface area contributed by atoms with E-state index < -0.39 is 0 Å². The van der Waals surface area contributed by atoms with Crippen molar-refractivity contribution in [3.05, 3.63) is 29.8 Å². The summed E-state index contributed by atoms with van der Waals surface area (Å²) in [7, 11) is 0. The molecule has 1 aromatic carbocycles. The van der Waals surface area contributed by atoms with Crippen LogP contribution < -0.4 is 10.6 Å². The average molecular weight is 310 g/mol. The number of benzene rings is 1. The van der Waals surface area contributed by atoms with Crippen molar-refractivity contribution in [3.8, 4) is 6.07 Å². The molecule has 0 radical (unpaired) electrons. The third-order valence-electron chi connectivity index (χ3n) is 6.10. The van der Waals surface area contributed by atoms with Gasteiger partial charge in [0.2, 0.25) is 0 Å². The molecule has 0 spiro atoms. The maximum Gasteiger partial charge on any atom is 0.279 e. The van der Waals surface area contributed by atoms with Crippen LogP contribution in [-0.4, -0.2) is 18.0 Å². The fraction of sp³-hybridized carbons (Fsp3) is 0.579. The Morgan fingerprint density at radius 2 is 1.70 bits per heavy atom. The second kappa shape index (κ2) is 5.65. The molecule has 1 amide bonds. The fourth-order valence-corrected chi connectivity index (χ4v) is 5.58. The molecule has 4 aliphatic rings. The van der Waals surface area contributed by atoms with Crippen molar-refractivity contribution in [2.45, 2.75) is 44.1 Å². The predicted molar refractivity (Wildman–Crippen MR) is 87.5 cm³/mol. The number of hydrogen-bond acceptors (Lipinski definition) is 2. The van der Waals surface area contributed by atoms with E-state index in [2.05, 4.69) is 16.7 Å². The average Bonchev–Trinajstić information content (AvgIpc) is 2.53. The molecule has 4 saturated carbocycles. The molecule has 4 aliphatic carbocycles. The number of nitrogens with two attached hydrogens (primary N) is 1. The Labute approximate surface area is 137 Å². The minimum absolute atomic E-state index is 0.0606. The summed E-state index contributed by atoms with van der Waals surface area (Å²) in [4.78, 5) is 12.3. The van der Waals surface area contributed by atoms with Crippen LogP contribution in [0, 0.1) is 29.1 Å². The molecule has 23 heavy (non-hydrogen) atoms. The van der Waals surface area contributed by atoms with E-state index in [-0.39, 0.29) is 5.91 Å². The van der Waals surface area contributed by atoms with Crippen LogP contribution in [0.5, 0.6) is 0 Å². The molecule has 0 heterocycles. The minimum atomic E-state index is 0.0606. The van der Waals surface area contributed by atoms with Crippen LogP contribution in [0.25, 0.3) is 0 Å². The van der Waals surface area contributed by atoms with Gasteiger partial charge < -0.3 is 10.6 Å². The summed E-state index contributed by atoms with van der Waals surface area (Å²) in [5.41, 5.74) is 1.73. The fourth-order valence-electron chi connectivity index (χ4n) is 5.58. The summed E-state index contributed by atoms with van der Waals surface area (Å²) in [5, 5.41) is 14.1. The Hall–Kier alpha value is -1.86. The lowest BCUT2D eigenvalue weighted by atomic mass is 9.53. The number of carbonyl (C=O) groups excluding carboxylic acids is 1. The second-order valence-corrected chi connectivity index (χ2v) is 7.93. The highest BCUT2D eigenvalue weighted by Gasteiger charge is 2.53. The standard InChI is InChI=1S/C19H23N3O/c20-11-13-1-3-17(4-2-13)22-18(23)12-21-19-8-14-5-15(9-19)7-16(6-14)10-19/h1-4,14-16,21H,5-10,12H2,(H,22,23)/p+1. The van der Waals surface area contributed by atoms with E-state index in [1.165, 1.54) is 38.5 Å². The molecule has 4 fully saturated rings.